The number of carbonyl (C=O) groups is 1. The average Bonchev–Trinajstić information content (AvgIpc) is 2.36. The molecule has 0 aliphatic rings. The average molecular weight is 238 g/mol. The molecule has 0 aliphatic carbocycles. The summed E-state index contributed by atoms with van der Waals surface area (Å²) < 4.78 is 15.7. The summed E-state index contributed by atoms with van der Waals surface area (Å²) in [5.74, 6) is 1.46. The van der Waals surface area contributed by atoms with Gasteiger partial charge in [0.15, 0.2) is 0 Å². The molecule has 0 fully saturated rings. The van der Waals surface area contributed by atoms with E-state index < -0.39 is 0 Å². The molecule has 0 radical (unpaired) electrons. The minimum absolute atomic E-state index is 0.472. The number of hydrogen-bond donors (Lipinski definition) is 0. The molecule has 0 atom stereocenters. The Labute approximate surface area is 101 Å². The highest BCUT2D eigenvalue weighted by molar-refractivity contribution is 5.53. The smallest absolute Gasteiger partial charge is 0.126 e. The van der Waals surface area contributed by atoms with Crippen LogP contribution in [-0.4, -0.2) is 27.6 Å². The van der Waals surface area contributed by atoms with Gasteiger partial charge >= 0.3 is 0 Å². The molecule has 0 saturated heterocycles. The number of rotatable bonds is 7. The molecule has 1 rings (SSSR count). The van der Waals surface area contributed by atoms with E-state index in [1.807, 2.05) is 12.1 Å². The minimum Gasteiger partial charge on any atom is -0.497 e. The van der Waals surface area contributed by atoms with Crippen LogP contribution in [0.1, 0.15) is 17.5 Å². The van der Waals surface area contributed by atoms with Crippen molar-refractivity contribution >= 4 is 6.29 Å². The monoisotopic (exact) mass is 238 g/mol. The van der Waals surface area contributed by atoms with Crippen LogP contribution in [0.25, 0.3) is 0 Å². The predicted octanol–water partition coefficient (Wildman–Crippen LogP) is 1.98. The summed E-state index contributed by atoms with van der Waals surface area (Å²) in [7, 11) is 4.85. The third kappa shape index (κ3) is 3.46. The van der Waals surface area contributed by atoms with Gasteiger partial charge in [-0.2, -0.15) is 0 Å². The summed E-state index contributed by atoms with van der Waals surface area (Å²) in [6.45, 7) is 0.474. The van der Waals surface area contributed by atoms with E-state index in [4.69, 9.17) is 14.2 Å². The van der Waals surface area contributed by atoms with Crippen LogP contribution < -0.4 is 9.47 Å². The van der Waals surface area contributed by atoms with Crippen molar-refractivity contribution in [2.75, 3.05) is 21.3 Å². The van der Waals surface area contributed by atoms with Crippen molar-refractivity contribution in [1.29, 1.82) is 0 Å². The molecule has 0 amide bonds. The summed E-state index contributed by atoms with van der Waals surface area (Å²) in [4.78, 5) is 10.5. The van der Waals surface area contributed by atoms with Crippen molar-refractivity contribution in [2.45, 2.75) is 19.4 Å². The van der Waals surface area contributed by atoms with E-state index in [0.29, 0.717) is 19.4 Å². The van der Waals surface area contributed by atoms with E-state index in [0.717, 1.165) is 28.9 Å². The topological polar surface area (TPSA) is 44.8 Å². The Hall–Kier alpha value is -1.55. The SMILES string of the molecule is COCc1cc(OC)cc(OC)c1CCC=O. The predicted molar refractivity (Wildman–Crippen MR) is 64.6 cm³/mol. The van der Waals surface area contributed by atoms with Gasteiger partial charge in [0, 0.05) is 25.2 Å². The highest BCUT2D eigenvalue weighted by atomic mass is 16.5. The lowest BCUT2D eigenvalue weighted by molar-refractivity contribution is -0.107. The van der Waals surface area contributed by atoms with E-state index in [1.54, 1.807) is 21.3 Å². The van der Waals surface area contributed by atoms with Crippen LogP contribution in [0, 0.1) is 0 Å². The fourth-order valence-corrected chi connectivity index (χ4v) is 1.75. The maximum Gasteiger partial charge on any atom is 0.126 e. The molecule has 0 aliphatic heterocycles. The third-order valence-electron chi connectivity index (χ3n) is 2.54. The maximum absolute atomic E-state index is 10.5. The van der Waals surface area contributed by atoms with Gasteiger partial charge in [0.05, 0.1) is 20.8 Å². The first-order valence-electron chi connectivity index (χ1n) is 5.43. The molecule has 0 aromatic heterocycles. The standard InChI is InChI=1S/C13H18O4/c1-15-9-10-7-11(16-2)8-13(17-3)12(10)5-4-6-14/h6-8H,4-5,9H2,1-3H3. The highest BCUT2D eigenvalue weighted by Crippen LogP contribution is 2.30. The number of hydrogen-bond acceptors (Lipinski definition) is 4. The van der Waals surface area contributed by atoms with Crippen molar-refractivity contribution in [2.24, 2.45) is 0 Å². The zero-order chi connectivity index (χ0) is 12.7. The molecule has 1 aromatic rings. The minimum atomic E-state index is 0.472. The second-order valence-electron chi connectivity index (χ2n) is 3.61. The quantitative estimate of drug-likeness (QED) is 0.681. The maximum atomic E-state index is 10.5. The van der Waals surface area contributed by atoms with E-state index in [-0.39, 0.29) is 0 Å². The van der Waals surface area contributed by atoms with Crippen LogP contribution in [-0.2, 0) is 22.6 Å². The number of carbonyl (C=O) groups excluding carboxylic acids is 1. The van der Waals surface area contributed by atoms with Crippen molar-refractivity contribution in [1.82, 2.24) is 0 Å². The normalized spacial score (nSPS) is 10.1. The molecular weight excluding hydrogens is 220 g/mol. The lowest BCUT2D eigenvalue weighted by atomic mass is 10.0. The lowest BCUT2D eigenvalue weighted by Crippen LogP contribution is -2.02. The van der Waals surface area contributed by atoms with Gasteiger partial charge in [-0.3, -0.25) is 0 Å². The molecule has 0 N–H and O–H groups in total. The molecule has 0 bridgehead atoms. The molecule has 0 spiro atoms. The van der Waals surface area contributed by atoms with E-state index >= 15 is 0 Å². The van der Waals surface area contributed by atoms with E-state index in [2.05, 4.69) is 0 Å². The van der Waals surface area contributed by atoms with Crippen LogP contribution in [0.3, 0.4) is 0 Å². The van der Waals surface area contributed by atoms with Gasteiger partial charge in [-0.25, -0.2) is 0 Å². The number of ether oxygens (including phenoxy) is 3. The fourth-order valence-electron chi connectivity index (χ4n) is 1.75. The molecule has 0 unspecified atom stereocenters. The van der Waals surface area contributed by atoms with Gasteiger partial charge in [0.2, 0.25) is 0 Å². The third-order valence-corrected chi connectivity index (χ3v) is 2.54. The first kappa shape index (κ1) is 13.5. The summed E-state index contributed by atoms with van der Waals surface area (Å²) >= 11 is 0. The van der Waals surface area contributed by atoms with Crippen LogP contribution in [0.5, 0.6) is 11.5 Å². The Morgan fingerprint density at radius 3 is 2.47 bits per heavy atom. The molecule has 17 heavy (non-hydrogen) atoms. The number of aldehydes is 1. The second kappa shape index (κ2) is 6.91. The van der Waals surface area contributed by atoms with Crippen LogP contribution in [0.4, 0.5) is 0 Å². The molecule has 94 valence electrons. The number of benzene rings is 1. The van der Waals surface area contributed by atoms with Gasteiger partial charge in [-0.1, -0.05) is 0 Å². The van der Waals surface area contributed by atoms with Crippen molar-refractivity contribution in [3.63, 3.8) is 0 Å². The Kier molecular flexibility index (Phi) is 5.49. The Morgan fingerprint density at radius 1 is 1.18 bits per heavy atom. The molecule has 0 saturated carbocycles. The summed E-state index contributed by atoms with van der Waals surface area (Å²) in [6, 6.07) is 3.73. The lowest BCUT2D eigenvalue weighted by Gasteiger charge is -2.14. The molecule has 0 heterocycles. The first-order chi connectivity index (χ1) is 8.26. The van der Waals surface area contributed by atoms with Gasteiger partial charge in [-0.05, 0) is 18.1 Å². The summed E-state index contributed by atoms with van der Waals surface area (Å²) in [6.07, 6.45) is 2.02. The molecular formula is C13H18O4. The van der Waals surface area contributed by atoms with Crippen LogP contribution in [0.2, 0.25) is 0 Å². The number of methoxy groups -OCH3 is 3. The van der Waals surface area contributed by atoms with Gasteiger partial charge in [0.25, 0.3) is 0 Å². The largest absolute Gasteiger partial charge is 0.497 e. The zero-order valence-corrected chi connectivity index (χ0v) is 10.5. The summed E-state index contributed by atoms with van der Waals surface area (Å²) in [5, 5.41) is 0. The van der Waals surface area contributed by atoms with Crippen LogP contribution in [0.15, 0.2) is 12.1 Å². The van der Waals surface area contributed by atoms with Crippen molar-refractivity contribution in [3.05, 3.63) is 23.3 Å². The Bertz CT molecular complexity index is 374. The molecule has 1 aromatic carbocycles. The molecule has 4 heteroatoms. The van der Waals surface area contributed by atoms with Crippen molar-refractivity contribution < 1.29 is 19.0 Å². The molecule has 4 nitrogen and oxygen atoms in total. The van der Waals surface area contributed by atoms with Gasteiger partial charge in [-0.15, -0.1) is 0 Å². The highest BCUT2D eigenvalue weighted by Gasteiger charge is 2.11. The Balaban J connectivity index is 3.14. The van der Waals surface area contributed by atoms with Crippen molar-refractivity contribution in [3.8, 4) is 11.5 Å². The second-order valence-corrected chi connectivity index (χ2v) is 3.61. The Morgan fingerprint density at radius 2 is 1.94 bits per heavy atom. The van der Waals surface area contributed by atoms with E-state index in [9.17, 15) is 4.79 Å². The van der Waals surface area contributed by atoms with Crippen LogP contribution >= 0.6 is 0 Å². The zero-order valence-electron chi connectivity index (χ0n) is 10.5. The summed E-state index contributed by atoms with van der Waals surface area (Å²) in [5.41, 5.74) is 1.99. The van der Waals surface area contributed by atoms with Gasteiger partial charge in [0.1, 0.15) is 17.8 Å². The fraction of sp³-hybridized carbons (Fsp3) is 0.462. The first-order valence-corrected chi connectivity index (χ1v) is 5.43. The van der Waals surface area contributed by atoms with E-state index in [1.165, 1.54) is 0 Å². The van der Waals surface area contributed by atoms with Gasteiger partial charge < -0.3 is 19.0 Å².